The van der Waals surface area contributed by atoms with Gasteiger partial charge in [0.1, 0.15) is 5.75 Å². The highest BCUT2D eigenvalue weighted by atomic mass is 16.5. The Balaban J connectivity index is 1.22. The standard InChI is InChI=1S/C30H42N4O3/c1-4-23(2)21-32-30(31-3)34-15-13-24(14-16-34)22-37-28-11-9-26(10-12-28)25-5-7-27(8-6-25)29(35)33-17-19-36-20-18-33/h5,9-12,21,24,27H,3-4,6-8,13-20,22H2,1-2H3/b23-21+,32-30+. The quantitative estimate of drug-likeness (QED) is 0.377. The van der Waals surface area contributed by atoms with Crippen LogP contribution >= 0.6 is 0 Å². The van der Waals surface area contributed by atoms with E-state index < -0.39 is 0 Å². The third-order valence-electron chi connectivity index (χ3n) is 7.79. The van der Waals surface area contributed by atoms with Crippen molar-refractivity contribution in [2.24, 2.45) is 21.8 Å². The zero-order valence-corrected chi connectivity index (χ0v) is 22.5. The zero-order chi connectivity index (χ0) is 26.0. The summed E-state index contributed by atoms with van der Waals surface area (Å²) < 4.78 is 11.5. The van der Waals surface area contributed by atoms with Crippen LogP contribution in [0.2, 0.25) is 0 Å². The molecular weight excluding hydrogens is 464 g/mol. The van der Waals surface area contributed by atoms with Crippen LogP contribution in [0.1, 0.15) is 57.9 Å². The van der Waals surface area contributed by atoms with Gasteiger partial charge in [-0.3, -0.25) is 4.79 Å². The second-order valence-electron chi connectivity index (χ2n) is 10.3. The van der Waals surface area contributed by atoms with E-state index in [1.54, 1.807) is 0 Å². The molecule has 1 atom stereocenters. The topological polar surface area (TPSA) is 66.7 Å². The number of likely N-dealkylation sites (tertiary alicyclic amines) is 1. The van der Waals surface area contributed by atoms with Crippen LogP contribution in [-0.2, 0) is 9.53 Å². The van der Waals surface area contributed by atoms with Crippen LogP contribution in [-0.4, -0.2) is 74.4 Å². The van der Waals surface area contributed by atoms with E-state index in [-0.39, 0.29) is 5.92 Å². The Hall–Kier alpha value is -2.93. The lowest BCUT2D eigenvalue weighted by atomic mass is 9.85. The molecule has 1 aromatic rings. The molecule has 0 bridgehead atoms. The van der Waals surface area contributed by atoms with Crippen molar-refractivity contribution in [1.82, 2.24) is 9.80 Å². The number of nitrogens with zero attached hydrogens (tertiary/aromatic N) is 4. The van der Waals surface area contributed by atoms with Crippen LogP contribution in [0.25, 0.3) is 5.57 Å². The van der Waals surface area contributed by atoms with Gasteiger partial charge in [-0.15, -0.1) is 0 Å². The number of rotatable bonds is 7. The van der Waals surface area contributed by atoms with E-state index in [9.17, 15) is 4.79 Å². The summed E-state index contributed by atoms with van der Waals surface area (Å²) in [5, 5.41) is 0. The van der Waals surface area contributed by atoms with E-state index in [2.05, 4.69) is 65.8 Å². The number of amides is 1. The smallest absolute Gasteiger partial charge is 0.226 e. The highest BCUT2D eigenvalue weighted by Gasteiger charge is 2.27. The minimum absolute atomic E-state index is 0.109. The molecule has 37 heavy (non-hydrogen) atoms. The molecule has 2 heterocycles. The lowest BCUT2D eigenvalue weighted by Crippen LogP contribution is -2.44. The number of morpholine rings is 1. The van der Waals surface area contributed by atoms with Gasteiger partial charge in [0.2, 0.25) is 11.9 Å². The molecule has 3 aliphatic rings. The Kier molecular flexibility index (Phi) is 9.94. The Morgan fingerprint density at radius 1 is 1.11 bits per heavy atom. The van der Waals surface area contributed by atoms with Crippen molar-refractivity contribution < 1.29 is 14.3 Å². The van der Waals surface area contributed by atoms with Crippen molar-refractivity contribution >= 4 is 24.2 Å². The molecule has 4 rings (SSSR count). The molecule has 200 valence electrons. The van der Waals surface area contributed by atoms with Crippen molar-refractivity contribution in [3.8, 4) is 5.75 Å². The Morgan fingerprint density at radius 3 is 2.46 bits per heavy atom. The molecular formula is C30H42N4O3. The SMILES string of the molecule is C=N/C(=N\C=C(/C)CC)N1CCC(COc2ccc(C3=CCC(C(=O)N4CCOCC4)CC3)cc2)CC1. The predicted octanol–water partition coefficient (Wildman–Crippen LogP) is 5.19. The van der Waals surface area contributed by atoms with Crippen LogP contribution in [0, 0.1) is 11.8 Å². The van der Waals surface area contributed by atoms with Gasteiger partial charge in [0.25, 0.3) is 0 Å². The van der Waals surface area contributed by atoms with Crippen molar-refractivity contribution in [2.75, 3.05) is 46.0 Å². The highest BCUT2D eigenvalue weighted by molar-refractivity contribution is 5.84. The Morgan fingerprint density at radius 2 is 1.84 bits per heavy atom. The minimum atomic E-state index is 0.109. The second kappa shape index (κ2) is 13.6. The third-order valence-corrected chi connectivity index (χ3v) is 7.79. The Labute approximate surface area is 221 Å². The van der Waals surface area contributed by atoms with Gasteiger partial charge in [-0.2, -0.15) is 0 Å². The van der Waals surface area contributed by atoms with Crippen LogP contribution in [0.3, 0.4) is 0 Å². The monoisotopic (exact) mass is 506 g/mol. The van der Waals surface area contributed by atoms with Crippen molar-refractivity contribution in [3.05, 3.63) is 47.7 Å². The molecule has 2 saturated heterocycles. The maximum atomic E-state index is 12.8. The van der Waals surface area contributed by atoms with Gasteiger partial charge >= 0.3 is 0 Å². The van der Waals surface area contributed by atoms with Gasteiger partial charge in [-0.25, -0.2) is 9.98 Å². The number of carbonyl (C=O) groups excluding carboxylic acids is 1. The first-order chi connectivity index (χ1) is 18.1. The summed E-state index contributed by atoms with van der Waals surface area (Å²) in [6, 6.07) is 8.45. The van der Waals surface area contributed by atoms with Crippen molar-refractivity contribution in [3.63, 3.8) is 0 Å². The summed E-state index contributed by atoms with van der Waals surface area (Å²) in [5.41, 5.74) is 3.80. The third kappa shape index (κ3) is 7.54. The number of carbonyl (C=O) groups is 1. The number of piperidine rings is 1. The summed E-state index contributed by atoms with van der Waals surface area (Å²) >= 11 is 0. The van der Waals surface area contributed by atoms with Gasteiger partial charge < -0.3 is 19.3 Å². The molecule has 0 saturated carbocycles. The zero-order valence-electron chi connectivity index (χ0n) is 22.5. The number of benzene rings is 1. The fourth-order valence-corrected chi connectivity index (χ4v) is 5.12. The van der Waals surface area contributed by atoms with E-state index in [1.165, 1.54) is 16.7 Å². The van der Waals surface area contributed by atoms with Gasteiger partial charge in [0.05, 0.1) is 19.8 Å². The number of hydrogen-bond donors (Lipinski definition) is 0. The van der Waals surface area contributed by atoms with E-state index in [4.69, 9.17) is 9.47 Å². The number of allylic oxidation sites excluding steroid dienone is 3. The van der Waals surface area contributed by atoms with Crippen LogP contribution < -0.4 is 4.74 Å². The van der Waals surface area contributed by atoms with E-state index in [1.807, 2.05) is 11.1 Å². The molecule has 0 N–H and O–H groups in total. The number of aliphatic imine (C=N–C) groups is 2. The second-order valence-corrected chi connectivity index (χ2v) is 10.3. The summed E-state index contributed by atoms with van der Waals surface area (Å²) in [6.07, 6.45) is 9.94. The van der Waals surface area contributed by atoms with Gasteiger partial charge in [0, 0.05) is 38.3 Å². The van der Waals surface area contributed by atoms with Crippen LogP contribution in [0.15, 0.2) is 52.1 Å². The molecule has 0 radical (unpaired) electrons. The molecule has 1 unspecified atom stereocenters. The summed E-state index contributed by atoms with van der Waals surface area (Å²) in [6.45, 7) is 13.3. The van der Waals surface area contributed by atoms with Crippen LogP contribution in [0.4, 0.5) is 0 Å². The highest BCUT2D eigenvalue weighted by Crippen LogP contribution is 2.32. The maximum Gasteiger partial charge on any atom is 0.226 e. The van der Waals surface area contributed by atoms with Crippen molar-refractivity contribution in [1.29, 1.82) is 0 Å². The lowest BCUT2D eigenvalue weighted by molar-refractivity contribution is -0.139. The fourth-order valence-electron chi connectivity index (χ4n) is 5.12. The van der Waals surface area contributed by atoms with Gasteiger partial charge in [0.15, 0.2) is 0 Å². The first-order valence-electron chi connectivity index (χ1n) is 13.8. The molecule has 7 nitrogen and oxygen atoms in total. The summed E-state index contributed by atoms with van der Waals surface area (Å²) in [7, 11) is 0. The first kappa shape index (κ1) is 27.1. The normalized spacial score (nSPS) is 22.0. The van der Waals surface area contributed by atoms with Crippen molar-refractivity contribution in [2.45, 2.75) is 52.4 Å². The molecule has 2 fully saturated rings. The van der Waals surface area contributed by atoms with Crippen LogP contribution in [0.5, 0.6) is 5.75 Å². The largest absolute Gasteiger partial charge is 0.493 e. The first-order valence-corrected chi connectivity index (χ1v) is 13.8. The molecule has 1 amide bonds. The molecule has 1 aliphatic carbocycles. The molecule has 1 aromatic carbocycles. The summed E-state index contributed by atoms with van der Waals surface area (Å²) in [5.74, 6) is 2.56. The molecule has 0 spiro atoms. The molecule has 2 aliphatic heterocycles. The molecule has 7 heteroatoms. The average Bonchev–Trinajstić information content (AvgIpc) is 2.97. The van der Waals surface area contributed by atoms with E-state index in [0.29, 0.717) is 25.0 Å². The number of guanidine groups is 1. The lowest BCUT2D eigenvalue weighted by Gasteiger charge is -2.32. The number of hydrogen-bond acceptors (Lipinski definition) is 4. The Bertz CT molecular complexity index is 1000. The van der Waals surface area contributed by atoms with E-state index in [0.717, 1.165) is 83.0 Å². The minimum Gasteiger partial charge on any atom is -0.493 e. The fraction of sp³-hybridized carbons (Fsp3) is 0.567. The molecule has 0 aromatic heterocycles. The van der Waals surface area contributed by atoms with Gasteiger partial charge in [-0.1, -0.05) is 30.7 Å². The number of ether oxygens (including phenoxy) is 2. The predicted molar refractivity (Wildman–Crippen MR) is 150 cm³/mol. The maximum absolute atomic E-state index is 12.8. The van der Waals surface area contributed by atoms with Gasteiger partial charge in [-0.05, 0) is 81.4 Å². The average molecular weight is 507 g/mol. The summed E-state index contributed by atoms with van der Waals surface area (Å²) in [4.78, 5) is 25.6. The van der Waals surface area contributed by atoms with E-state index >= 15 is 0 Å².